The van der Waals surface area contributed by atoms with Crippen molar-refractivity contribution in [3.8, 4) is 5.75 Å². The van der Waals surface area contributed by atoms with Crippen LogP contribution in [0, 0.1) is 0 Å². The molecular weight excluding hydrogens is 280 g/mol. The van der Waals surface area contributed by atoms with Gasteiger partial charge in [-0.1, -0.05) is 30.3 Å². The SMILES string of the molecule is Cn1cc(OCc2ccccc2)c(=O)cc1COCCCN. The summed E-state index contributed by atoms with van der Waals surface area (Å²) in [6, 6.07) is 11.3. The van der Waals surface area contributed by atoms with E-state index < -0.39 is 0 Å². The zero-order valence-corrected chi connectivity index (χ0v) is 12.8. The van der Waals surface area contributed by atoms with Crippen molar-refractivity contribution in [2.75, 3.05) is 13.2 Å². The highest BCUT2D eigenvalue weighted by molar-refractivity contribution is 5.22. The number of nitrogens with two attached hydrogens (primary N) is 1. The lowest BCUT2D eigenvalue weighted by Gasteiger charge is -2.12. The van der Waals surface area contributed by atoms with Crippen molar-refractivity contribution in [3.05, 3.63) is 64.1 Å². The van der Waals surface area contributed by atoms with Crippen LogP contribution >= 0.6 is 0 Å². The molecule has 0 aliphatic rings. The van der Waals surface area contributed by atoms with E-state index in [0.29, 0.717) is 32.1 Å². The van der Waals surface area contributed by atoms with Gasteiger partial charge in [-0.25, -0.2) is 0 Å². The van der Waals surface area contributed by atoms with E-state index >= 15 is 0 Å². The molecule has 0 amide bonds. The van der Waals surface area contributed by atoms with E-state index in [2.05, 4.69) is 0 Å². The van der Waals surface area contributed by atoms with Gasteiger partial charge in [0.1, 0.15) is 6.61 Å². The fourth-order valence-electron chi connectivity index (χ4n) is 2.00. The highest BCUT2D eigenvalue weighted by Crippen LogP contribution is 2.09. The van der Waals surface area contributed by atoms with Crippen LogP contribution < -0.4 is 15.9 Å². The third kappa shape index (κ3) is 4.72. The lowest BCUT2D eigenvalue weighted by Crippen LogP contribution is -2.15. The van der Waals surface area contributed by atoms with Gasteiger partial charge < -0.3 is 19.8 Å². The van der Waals surface area contributed by atoms with Gasteiger partial charge in [-0.2, -0.15) is 0 Å². The Morgan fingerprint density at radius 1 is 1.18 bits per heavy atom. The molecule has 0 spiro atoms. The Bertz CT molecular complexity index is 638. The van der Waals surface area contributed by atoms with Crippen LogP contribution in [0.4, 0.5) is 0 Å². The Balaban J connectivity index is 1.98. The van der Waals surface area contributed by atoms with Crippen LogP contribution in [0.5, 0.6) is 5.75 Å². The second-order valence-corrected chi connectivity index (χ2v) is 5.07. The molecule has 0 unspecified atom stereocenters. The van der Waals surface area contributed by atoms with Crippen LogP contribution in [0.2, 0.25) is 0 Å². The Kier molecular flexibility index (Phi) is 6.18. The minimum absolute atomic E-state index is 0.133. The molecule has 2 rings (SSSR count). The van der Waals surface area contributed by atoms with Gasteiger partial charge in [-0.15, -0.1) is 0 Å². The topological polar surface area (TPSA) is 66.5 Å². The molecule has 0 radical (unpaired) electrons. The van der Waals surface area contributed by atoms with Gasteiger partial charge in [0.05, 0.1) is 12.8 Å². The normalized spacial score (nSPS) is 10.6. The molecule has 2 N–H and O–H groups in total. The maximum Gasteiger partial charge on any atom is 0.223 e. The number of hydrogen-bond donors (Lipinski definition) is 1. The van der Waals surface area contributed by atoms with Crippen molar-refractivity contribution < 1.29 is 9.47 Å². The monoisotopic (exact) mass is 302 g/mol. The summed E-state index contributed by atoms with van der Waals surface area (Å²) in [4.78, 5) is 12.1. The lowest BCUT2D eigenvalue weighted by atomic mass is 10.2. The van der Waals surface area contributed by atoms with E-state index in [0.717, 1.165) is 17.7 Å². The summed E-state index contributed by atoms with van der Waals surface area (Å²) in [6.45, 7) is 1.97. The highest BCUT2D eigenvalue weighted by atomic mass is 16.5. The van der Waals surface area contributed by atoms with Crippen molar-refractivity contribution in [3.63, 3.8) is 0 Å². The summed E-state index contributed by atoms with van der Waals surface area (Å²) in [5.41, 5.74) is 7.12. The first kappa shape index (κ1) is 16.3. The molecule has 1 aromatic heterocycles. The Morgan fingerprint density at radius 2 is 1.95 bits per heavy atom. The molecule has 5 nitrogen and oxygen atoms in total. The van der Waals surface area contributed by atoms with Crippen LogP contribution in [0.15, 0.2) is 47.4 Å². The standard InChI is InChI=1S/C17H22N2O3/c1-19-11-17(22-12-14-6-3-2-4-7-14)16(20)10-15(19)13-21-9-5-8-18/h2-4,6-7,10-11H,5,8-9,12-13,18H2,1H3. The molecule has 1 aromatic carbocycles. The van der Waals surface area contributed by atoms with Gasteiger partial charge >= 0.3 is 0 Å². The van der Waals surface area contributed by atoms with Gasteiger partial charge in [0.25, 0.3) is 0 Å². The summed E-state index contributed by atoms with van der Waals surface area (Å²) >= 11 is 0. The van der Waals surface area contributed by atoms with Gasteiger partial charge in [0.15, 0.2) is 5.75 Å². The minimum atomic E-state index is -0.133. The largest absolute Gasteiger partial charge is 0.483 e. The molecule has 2 aromatic rings. The summed E-state index contributed by atoms with van der Waals surface area (Å²) in [5, 5.41) is 0. The molecule has 0 saturated carbocycles. The van der Waals surface area contributed by atoms with Crippen molar-refractivity contribution in [2.45, 2.75) is 19.6 Å². The van der Waals surface area contributed by atoms with Crippen LogP contribution in [-0.2, 0) is 25.0 Å². The molecule has 5 heteroatoms. The van der Waals surface area contributed by atoms with E-state index in [1.807, 2.05) is 41.9 Å². The third-order valence-corrected chi connectivity index (χ3v) is 3.28. The fourth-order valence-corrected chi connectivity index (χ4v) is 2.00. The number of rotatable bonds is 8. The van der Waals surface area contributed by atoms with E-state index in [9.17, 15) is 4.79 Å². The lowest BCUT2D eigenvalue weighted by molar-refractivity contribution is 0.115. The van der Waals surface area contributed by atoms with Crippen molar-refractivity contribution in [2.24, 2.45) is 12.8 Å². The van der Waals surface area contributed by atoms with E-state index in [-0.39, 0.29) is 5.43 Å². The molecule has 1 heterocycles. The first-order valence-electron chi connectivity index (χ1n) is 7.35. The summed E-state index contributed by atoms with van der Waals surface area (Å²) < 4.78 is 12.9. The maximum atomic E-state index is 12.1. The highest BCUT2D eigenvalue weighted by Gasteiger charge is 2.06. The predicted octanol–water partition coefficient (Wildman–Crippen LogP) is 1.83. The molecule has 118 valence electrons. The molecular formula is C17H22N2O3. The zero-order valence-electron chi connectivity index (χ0n) is 12.8. The Hall–Kier alpha value is -2.11. The maximum absolute atomic E-state index is 12.1. The number of aryl methyl sites for hydroxylation is 1. The second-order valence-electron chi connectivity index (χ2n) is 5.07. The summed E-state index contributed by atoms with van der Waals surface area (Å²) in [5.74, 6) is 0.345. The third-order valence-electron chi connectivity index (χ3n) is 3.28. The average Bonchev–Trinajstić information content (AvgIpc) is 2.54. The summed E-state index contributed by atoms with van der Waals surface area (Å²) in [6.07, 6.45) is 2.51. The van der Waals surface area contributed by atoms with Gasteiger partial charge in [0.2, 0.25) is 5.43 Å². The van der Waals surface area contributed by atoms with Crippen LogP contribution in [0.3, 0.4) is 0 Å². The molecule has 0 aliphatic carbocycles. The number of aromatic nitrogens is 1. The van der Waals surface area contributed by atoms with Crippen molar-refractivity contribution in [1.82, 2.24) is 4.57 Å². The van der Waals surface area contributed by atoms with Crippen LogP contribution in [-0.4, -0.2) is 17.7 Å². The molecule has 0 bridgehead atoms. The second kappa shape index (κ2) is 8.36. The minimum Gasteiger partial charge on any atom is -0.483 e. The number of hydrogen-bond acceptors (Lipinski definition) is 4. The van der Waals surface area contributed by atoms with Crippen LogP contribution in [0.25, 0.3) is 0 Å². The number of benzene rings is 1. The molecule has 0 fully saturated rings. The predicted molar refractivity (Wildman–Crippen MR) is 85.8 cm³/mol. The van der Waals surface area contributed by atoms with Gasteiger partial charge in [0, 0.05) is 25.4 Å². The molecule has 0 aliphatic heterocycles. The molecule has 22 heavy (non-hydrogen) atoms. The average molecular weight is 302 g/mol. The number of pyridine rings is 1. The smallest absolute Gasteiger partial charge is 0.223 e. The first-order chi connectivity index (χ1) is 10.7. The fraction of sp³-hybridized carbons (Fsp3) is 0.353. The van der Waals surface area contributed by atoms with Crippen molar-refractivity contribution >= 4 is 0 Å². The molecule has 0 atom stereocenters. The Morgan fingerprint density at radius 3 is 2.68 bits per heavy atom. The quantitative estimate of drug-likeness (QED) is 0.756. The number of ether oxygens (including phenoxy) is 2. The van der Waals surface area contributed by atoms with Crippen LogP contribution in [0.1, 0.15) is 17.7 Å². The zero-order chi connectivity index (χ0) is 15.8. The molecule has 0 saturated heterocycles. The Labute approximate surface area is 130 Å². The first-order valence-corrected chi connectivity index (χ1v) is 7.35. The van der Waals surface area contributed by atoms with E-state index in [1.54, 1.807) is 12.3 Å². The van der Waals surface area contributed by atoms with E-state index in [1.165, 1.54) is 0 Å². The summed E-state index contributed by atoms with van der Waals surface area (Å²) in [7, 11) is 1.87. The number of nitrogens with zero attached hydrogens (tertiary/aromatic N) is 1. The van der Waals surface area contributed by atoms with Gasteiger partial charge in [-0.3, -0.25) is 4.79 Å². The van der Waals surface area contributed by atoms with Gasteiger partial charge in [-0.05, 0) is 18.5 Å². The van der Waals surface area contributed by atoms with E-state index in [4.69, 9.17) is 15.2 Å². The van der Waals surface area contributed by atoms with Crippen molar-refractivity contribution in [1.29, 1.82) is 0 Å².